The first kappa shape index (κ1) is 50.9. The Morgan fingerprint density at radius 3 is 1.47 bits per heavy atom. The fourth-order valence-electron chi connectivity index (χ4n) is 5.95. The summed E-state index contributed by atoms with van der Waals surface area (Å²) in [5, 5.41) is 8.52. The van der Waals surface area contributed by atoms with Gasteiger partial charge in [0.1, 0.15) is 17.2 Å². The first-order valence-corrected chi connectivity index (χ1v) is 21.7. The molecule has 0 aliphatic heterocycles. The Morgan fingerprint density at radius 1 is 0.528 bits per heavy atom. The molecule has 0 aromatic rings. The van der Waals surface area contributed by atoms with E-state index in [4.69, 9.17) is 18.9 Å². The molecular weight excluding hydrogens is 670 g/mol. The summed E-state index contributed by atoms with van der Waals surface area (Å²) in [6, 6.07) is -0.790. The van der Waals surface area contributed by atoms with Crippen LogP contribution < -0.4 is 16.0 Å². The summed E-state index contributed by atoms with van der Waals surface area (Å²) in [6.07, 6.45) is 25.6. The second kappa shape index (κ2) is 33.3. The van der Waals surface area contributed by atoms with Gasteiger partial charge in [0, 0.05) is 26.3 Å². The molecular formula is C43H85N3O7. The first-order chi connectivity index (χ1) is 25.3. The quantitative estimate of drug-likeness (QED) is 0.0559. The number of hydrogen-bond donors (Lipinski definition) is 3. The van der Waals surface area contributed by atoms with Gasteiger partial charge < -0.3 is 34.9 Å². The highest BCUT2D eigenvalue weighted by atomic mass is 16.6. The van der Waals surface area contributed by atoms with Crippen molar-refractivity contribution in [2.45, 2.75) is 226 Å². The summed E-state index contributed by atoms with van der Waals surface area (Å²) in [5.74, 6) is -0.293. The van der Waals surface area contributed by atoms with Crippen LogP contribution in [0.2, 0.25) is 0 Å². The number of alkyl carbamates (subject to hydrolysis) is 2. The SMILES string of the molecule is CCCCCCCCCCCCOCC(CNC(=O)[C@H](CCCCNC(=O)OC(C)(C)C)NC(=O)OC(C)(C)C)OCCCCCCCCCCCC. The van der Waals surface area contributed by atoms with Crippen molar-refractivity contribution >= 4 is 18.1 Å². The van der Waals surface area contributed by atoms with Crippen molar-refractivity contribution in [1.29, 1.82) is 0 Å². The zero-order chi connectivity index (χ0) is 39.6. The monoisotopic (exact) mass is 756 g/mol. The zero-order valence-electron chi connectivity index (χ0n) is 35.8. The first-order valence-electron chi connectivity index (χ1n) is 21.7. The van der Waals surface area contributed by atoms with Gasteiger partial charge in [0.15, 0.2) is 0 Å². The van der Waals surface area contributed by atoms with Gasteiger partial charge in [-0.05, 0) is 73.6 Å². The summed E-state index contributed by atoms with van der Waals surface area (Å²) in [5.41, 5.74) is -1.26. The number of nitrogens with one attached hydrogen (secondary N) is 3. The van der Waals surface area contributed by atoms with Gasteiger partial charge in [-0.1, -0.05) is 129 Å². The Kier molecular flexibility index (Phi) is 32.0. The number of unbranched alkanes of at least 4 members (excludes halogenated alkanes) is 19. The van der Waals surface area contributed by atoms with Gasteiger partial charge in [0.05, 0.1) is 12.7 Å². The second-order valence-corrected chi connectivity index (χ2v) is 16.8. The number of rotatable bonds is 34. The van der Waals surface area contributed by atoms with Crippen LogP contribution in [0.3, 0.4) is 0 Å². The van der Waals surface area contributed by atoms with Gasteiger partial charge in [-0.15, -0.1) is 0 Å². The van der Waals surface area contributed by atoms with E-state index in [0.717, 1.165) is 19.3 Å². The van der Waals surface area contributed by atoms with Gasteiger partial charge >= 0.3 is 12.2 Å². The fraction of sp³-hybridized carbons (Fsp3) is 0.930. The van der Waals surface area contributed by atoms with Crippen LogP contribution in [0.15, 0.2) is 0 Å². The van der Waals surface area contributed by atoms with Crippen molar-refractivity contribution in [3.05, 3.63) is 0 Å². The Balaban J connectivity index is 4.94. The van der Waals surface area contributed by atoms with E-state index in [9.17, 15) is 14.4 Å². The molecule has 0 aliphatic rings. The molecule has 10 nitrogen and oxygen atoms in total. The minimum absolute atomic E-state index is 0.277. The van der Waals surface area contributed by atoms with E-state index in [1.54, 1.807) is 20.8 Å². The molecule has 3 amide bonds. The maximum absolute atomic E-state index is 13.4. The maximum atomic E-state index is 13.4. The highest BCUT2D eigenvalue weighted by molar-refractivity contribution is 5.85. The molecule has 0 spiro atoms. The molecule has 0 aromatic heterocycles. The third-order valence-corrected chi connectivity index (χ3v) is 8.90. The van der Waals surface area contributed by atoms with Crippen molar-refractivity contribution in [1.82, 2.24) is 16.0 Å². The lowest BCUT2D eigenvalue weighted by atomic mass is 10.1. The number of ether oxygens (including phenoxy) is 4. The maximum Gasteiger partial charge on any atom is 0.408 e. The highest BCUT2D eigenvalue weighted by Crippen LogP contribution is 2.13. The van der Waals surface area contributed by atoms with Crippen LogP contribution in [0.1, 0.15) is 203 Å². The average Bonchev–Trinajstić information content (AvgIpc) is 3.07. The molecule has 0 aromatic carbocycles. The Hall–Kier alpha value is -2.07. The van der Waals surface area contributed by atoms with Crippen LogP contribution in [0, 0.1) is 0 Å². The molecule has 10 heteroatoms. The Bertz CT molecular complexity index is 888. The van der Waals surface area contributed by atoms with Crippen molar-refractivity contribution in [3.63, 3.8) is 0 Å². The van der Waals surface area contributed by atoms with Crippen LogP contribution in [0.4, 0.5) is 9.59 Å². The van der Waals surface area contributed by atoms with Crippen molar-refractivity contribution in [3.8, 4) is 0 Å². The van der Waals surface area contributed by atoms with Gasteiger partial charge in [0.2, 0.25) is 5.91 Å². The molecule has 0 radical (unpaired) electrons. The largest absolute Gasteiger partial charge is 0.444 e. The summed E-state index contributed by atoms with van der Waals surface area (Å²) in [6.45, 7) is 17.7. The lowest BCUT2D eigenvalue weighted by Gasteiger charge is -2.24. The highest BCUT2D eigenvalue weighted by Gasteiger charge is 2.25. The molecule has 314 valence electrons. The topological polar surface area (TPSA) is 124 Å². The van der Waals surface area contributed by atoms with Gasteiger partial charge in [0.25, 0.3) is 0 Å². The normalized spacial score (nSPS) is 13.0. The van der Waals surface area contributed by atoms with Gasteiger partial charge in [-0.3, -0.25) is 4.79 Å². The average molecular weight is 756 g/mol. The fourth-order valence-corrected chi connectivity index (χ4v) is 5.95. The molecule has 0 bridgehead atoms. The molecule has 3 N–H and O–H groups in total. The van der Waals surface area contributed by atoms with Gasteiger partial charge in [-0.2, -0.15) is 0 Å². The van der Waals surface area contributed by atoms with Crippen molar-refractivity contribution in [2.75, 3.05) is 32.9 Å². The predicted octanol–water partition coefficient (Wildman–Crippen LogP) is 10.9. The van der Waals surface area contributed by atoms with Crippen LogP contribution in [0.25, 0.3) is 0 Å². The van der Waals surface area contributed by atoms with Crippen molar-refractivity contribution in [2.24, 2.45) is 0 Å². The van der Waals surface area contributed by atoms with E-state index in [1.165, 1.54) is 109 Å². The van der Waals surface area contributed by atoms with Crippen LogP contribution in [-0.4, -0.2) is 74.4 Å². The van der Waals surface area contributed by atoms with Crippen LogP contribution in [-0.2, 0) is 23.7 Å². The summed E-state index contributed by atoms with van der Waals surface area (Å²) >= 11 is 0. The Morgan fingerprint density at radius 2 is 0.981 bits per heavy atom. The summed E-state index contributed by atoms with van der Waals surface area (Å²) in [7, 11) is 0. The van der Waals surface area contributed by atoms with E-state index in [0.29, 0.717) is 52.2 Å². The number of carbonyl (C=O) groups is 3. The number of carbonyl (C=O) groups excluding carboxylic acids is 3. The molecule has 0 saturated heterocycles. The van der Waals surface area contributed by atoms with E-state index in [1.807, 2.05) is 20.8 Å². The van der Waals surface area contributed by atoms with Crippen molar-refractivity contribution < 1.29 is 33.3 Å². The Labute approximate surface area is 326 Å². The smallest absolute Gasteiger partial charge is 0.408 e. The third kappa shape index (κ3) is 36.7. The van der Waals surface area contributed by atoms with Crippen LogP contribution in [0.5, 0.6) is 0 Å². The molecule has 1 unspecified atom stereocenters. The lowest BCUT2D eigenvalue weighted by molar-refractivity contribution is -0.124. The molecule has 0 saturated carbocycles. The standard InChI is InChI=1S/C43H85N3O7/c1-9-11-13-15-17-19-21-23-25-29-33-50-36-37(51-34-30-26-24-22-20-18-16-14-12-10-2)35-45-39(47)38(46-41(49)53-43(6,7)8)31-27-28-32-44-40(48)52-42(3,4)5/h37-38H,9-36H2,1-8H3,(H,44,48)(H,45,47)(H,46,49)/t37?,38-/m0/s1. The summed E-state index contributed by atoms with van der Waals surface area (Å²) in [4.78, 5) is 38.1. The molecule has 0 heterocycles. The molecule has 0 fully saturated rings. The lowest BCUT2D eigenvalue weighted by Crippen LogP contribution is -2.50. The summed E-state index contributed by atoms with van der Waals surface area (Å²) < 4.78 is 23.1. The van der Waals surface area contributed by atoms with E-state index in [-0.39, 0.29) is 12.0 Å². The zero-order valence-corrected chi connectivity index (χ0v) is 35.8. The third-order valence-electron chi connectivity index (χ3n) is 8.90. The molecule has 0 rings (SSSR count). The minimum atomic E-state index is -0.790. The minimum Gasteiger partial charge on any atom is -0.444 e. The molecule has 0 aliphatic carbocycles. The molecule has 53 heavy (non-hydrogen) atoms. The van der Waals surface area contributed by atoms with Crippen LogP contribution >= 0.6 is 0 Å². The van der Waals surface area contributed by atoms with E-state index >= 15 is 0 Å². The van der Waals surface area contributed by atoms with E-state index < -0.39 is 29.4 Å². The van der Waals surface area contributed by atoms with E-state index in [2.05, 4.69) is 29.8 Å². The van der Waals surface area contributed by atoms with Gasteiger partial charge in [-0.25, -0.2) is 9.59 Å². The second-order valence-electron chi connectivity index (χ2n) is 16.8. The molecule has 2 atom stereocenters. The number of amides is 3. The predicted molar refractivity (Wildman–Crippen MR) is 219 cm³/mol. The number of hydrogen-bond acceptors (Lipinski definition) is 7.